The van der Waals surface area contributed by atoms with Gasteiger partial charge in [-0.05, 0) is 43.3 Å². The Labute approximate surface area is 93.1 Å². The van der Waals surface area contributed by atoms with Crippen molar-refractivity contribution in [2.45, 2.75) is 12.5 Å². The van der Waals surface area contributed by atoms with Crippen LogP contribution < -0.4 is 0 Å². The van der Waals surface area contributed by atoms with Crippen LogP contribution in [0.1, 0.15) is 17.3 Å². The summed E-state index contributed by atoms with van der Waals surface area (Å²) in [6, 6.07) is 7.63. The van der Waals surface area contributed by atoms with Crippen LogP contribution in [0.15, 0.2) is 56.5 Å². The molecule has 0 aromatic carbocycles. The summed E-state index contributed by atoms with van der Waals surface area (Å²) in [5, 5.41) is 0. The number of rotatable bonds is 2. The molecule has 0 spiro atoms. The lowest BCUT2D eigenvalue weighted by Gasteiger charge is -2.18. The van der Waals surface area contributed by atoms with Gasteiger partial charge in [-0.2, -0.15) is 0 Å². The molecule has 16 heavy (non-hydrogen) atoms. The van der Waals surface area contributed by atoms with Gasteiger partial charge < -0.3 is 8.83 Å². The van der Waals surface area contributed by atoms with Crippen LogP contribution in [0.5, 0.6) is 0 Å². The van der Waals surface area contributed by atoms with Gasteiger partial charge in [0.15, 0.2) is 5.54 Å². The Morgan fingerprint density at radius 2 is 2.12 bits per heavy atom. The predicted octanol–water partition coefficient (Wildman–Crippen LogP) is 3.07. The first kappa shape index (κ1) is 9.21. The number of nitrogens with zero attached hydrogens (tertiary/aromatic N) is 1. The van der Waals surface area contributed by atoms with E-state index in [0.29, 0.717) is 0 Å². The van der Waals surface area contributed by atoms with Crippen molar-refractivity contribution in [3.63, 3.8) is 0 Å². The third kappa shape index (κ3) is 1.18. The molecule has 80 valence electrons. The highest BCUT2D eigenvalue weighted by atomic mass is 16.4. The molecule has 0 radical (unpaired) electrons. The lowest BCUT2D eigenvalue weighted by molar-refractivity contribution is 0.375. The smallest absolute Gasteiger partial charge is 0.194 e. The van der Waals surface area contributed by atoms with Crippen molar-refractivity contribution in [1.29, 1.82) is 0 Å². The van der Waals surface area contributed by atoms with Crippen LogP contribution in [-0.2, 0) is 5.54 Å². The lowest BCUT2D eigenvalue weighted by Crippen LogP contribution is -2.19. The van der Waals surface area contributed by atoms with Crippen molar-refractivity contribution < 1.29 is 8.83 Å². The molecule has 3 heteroatoms. The Kier molecular flexibility index (Phi) is 1.86. The summed E-state index contributed by atoms with van der Waals surface area (Å²) < 4.78 is 11.1. The van der Waals surface area contributed by atoms with Gasteiger partial charge >= 0.3 is 0 Å². The van der Waals surface area contributed by atoms with E-state index >= 15 is 0 Å². The summed E-state index contributed by atoms with van der Waals surface area (Å²) in [6.45, 7) is 1.92. The van der Waals surface area contributed by atoms with Crippen molar-refractivity contribution in [3.05, 3.63) is 60.0 Å². The first-order valence-electron chi connectivity index (χ1n) is 5.15. The monoisotopic (exact) mass is 213 g/mol. The topological polar surface area (TPSA) is 38.6 Å². The van der Waals surface area contributed by atoms with E-state index < -0.39 is 5.54 Å². The van der Waals surface area contributed by atoms with E-state index in [1.165, 1.54) is 0 Å². The molecule has 1 aliphatic rings. The number of aliphatic imine (C=N–C) groups is 1. The van der Waals surface area contributed by atoms with E-state index in [1.807, 2.05) is 43.3 Å². The van der Waals surface area contributed by atoms with E-state index in [9.17, 15) is 0 Å². The number of aryl methyl sites for hydroxylation is 1. The maximum atomic E-state index is 5.67. The van der Waals surface area contributed by atoms with Crippen molar-refractivity contribution in [2.75, 3.05) is 0 Å². The summed E-state index contributed by atoms with van der Waals surface area (Å²) in [6.07, 6.45) is 7.29. The quantitative estimate of drug-likeness (QED) is 0.769. The second kappa shape index (κ2) is 3.23. The summed E-state index contributed by atoms with van der Waals surface area (Å²) >= 11 is 0. The first-order valence-corrected chi connectivity index (χ1v) is 5.15. The molecular formula is C13H11NO2. The minimum Gasteiger partial charge on any atom is -0.466 e. The van der Waals surface area contributed by atoms with Crippen LogP contribution in [0.2, 0.25) is 0 Å². The standard InChI is InChI=1S/C13H11NO2/c1-10-5-6-12(16-10)13(7-3-8-14-13)11-4-2-9-15-11/h2-9H,1H3. The molecule has 0 saturated carbocycles. The molecule has 3 heterocycles. The molecule has 3 rings (SSSR count). The fourth-order valence-electron chi connectivity index (χ4n) is 1.93. The molecule has 1 atom stereocenters. The van der Waals surface area contributed by atoms with Gasteiger partial charge in [-0.1, -0.05) is 0 Å². The Bertz CT molecular complexity index is 534. The van der Waals surface area contributed by atoms with Gasteiger partial charge in [0, 0.05) is 6.21 Å². The average molecular weight is 213 g/mol. The molecule has 0 N–H and O–H groups in total. The third-order valence-corrected chi connectivity index (χ3v) is 2.71. The fraction of sp³-hybridized carbons (Fsp3) is 0.154. The molecule has 2 aromatic rings. The van der Waals surface area contributed by atoms with E-state index in [0.717, 1.165) is 17.3 Å². The molecule has 0 fully saturated rings. The van der Waals surface area contributed by atoms with E-state index in [4.69, 9.17) is 8.83 Å². The molecular weight excluding hydrogens is 202 g/mol. The van der Waals surface area contributed by atoms with Crippen LogP contribution in [0.25, 0.3) is 0 Å². The average Bonchev–Trinajstić information content (AvgIpc) is 2.98. The van der Waals surface area contributed by atoms with Crippen LogP contribution in [0.4, 0.5) is 0 Å². The lowest BCUT2D eigenvalue weighted by atomic mass is 9.95. The zero-order chi connectivity index (χ0) is 11.0. The van der Waals surface area contributed by atoms with Crippen molar-refractivity contribution in [2.24, 2.45) is 4.99 Å². The molecule has 3 nitrogen and oxygen atoms in total. The van der Waals surface area contributed by atoms with Crippen molar-refractivity contribution in [3.8, 4) is 0 Å². The second-order valence-electron chi connectivity index (χ2n) is 3.79. The molecule has 1 aliphatic heterocycles. The van der Waals surface area contributed by atoms with Gasteiger partial charge in [-0.15, -0.1) is 0 Å². The van der Waals surface area contributed by atoms with Crippen molar-refractivity contribution >= 4 is 6.21 Å². The number of hydrogen-bond acceptors (Lipinski definition) is 3. The first-order chi connectivity index (χ1) is 7.81. The Hall–Kier alpha value is -2.03. The molecule has 2 aromatic heterocycles. The summed E-state index contributed by atoms with van der Waals surface area (Å²) in [5.74, 6) is 2.42. The largest absolute Gasteiger partial charge is 0.466 e. The Morgan fingerprint density at radius 3 is 2.69 bits per heavy atom. The predicted molar refractivity (Wildman–Crippen MR) is 60.6 cm³/mol. The molecule has 0 amide bonds. The van der Waals surface area contributed by atoms with Crippen LogP contribution >= 0.6 is 0 Å². The third-order valence-electron chi connectivity index (χ3n) is 2.71. The number of hydrogen-bond donors (Lipinski definition) is 0. The van der Waals surface area contributed by atoms with Gasteiger partial charge in [-0.3, -0.25) is 4.99 Å². The zero-order valence-corrected chi connectivity index (χ0v) is 8.88. The highest BCUT2D eigenvalue weighted by Gasteiger charge is 2.38. The number of furan rings is 2. The minimum atomic E-state index is -0.613. The van der Waals surface area contributed by atoms with E-state index in [-0.39, 0.29) is 0 Å². The van der Waals surface area contributed by atoms with Gasteiger partial charge in [0.1, 0.15) is 17.3 Å². The summed E-state index contributed by atoms with van der Waals surface area (Å²) in [4.78, 5) is 4.47. The van der Waals surface area contributed by atoms with Crippen LogP contribution in [0, 0.1) is 6.92 Å². The SMILES string of the molecule is Cc1ccc(C2(c3ccco3)C=CC=N2)o1. The molecule has 0 bridgehead atoms. The van der Waals surface area contributed by atoms with Crippen molar-refractivity contribution in [1.82, 2.24) is 0 Å². The highest BCUT2D eigenvalue weighted by molar-refractivity contribution is 5.76. The molecule has 0 saturated heterocycles. The Morgan fingerprint density at radius 1 is 1.19 bits per heavy atom. The highest BCUT2D eigenvalue weighted by Crippen LogP contribution is 2.38. The summed E-state index contributed by atoms with van der Waals surface area (Å²) in [5.41, 5.74) is -0.613. The van der Waals surface area contributed by atoms with Gasteiger partial charge in [0.2, 0.25) is 0 Å². The molecule has 0 aliphatic carbocycles. The van der Waals surface area contributed by atoms with E-state index in [1.54, 1.807) is 12.5 Å². The maximum Gasteiger partial charge on any atom is 0.194 e. The maximum absolute atomic E-state index is 5.67. The van der Waals surface area contributed by atoms with Crippen LogP contribution in [0.3, 0.4) is 0 Å². The second-order valence-corrected chi connectivity index (χ2v) is 3.79. The fourth-order valence-corrected chi connectivity index (χ4v) is 1.93. The minimum absolute atomic E-state index is 0.613. The normalized spacial score (nSPS) is 23.1. The zero-order valence-electron chi connectivity index (χ0n) is 8.88. The van der Waals surface area contributed by atoms with Crippen LogP contribution in [-0.4, -0.2) is 6.21 Å². The summed E-state index contributed by atoms with van der Waals surface area (Å²) in [7, 11) is 0. The van der Waals surface area contributed by atoms with Gasteiger partial charge in [0.25, 0.3) is 0 Å². The van der Waals surface area contributed by atoms with Gasteiger partial charge in [0.05, 0.1) is 6.26 Å². The molecule has 1 unspecified atom stereocenters. The Balaban J connectivity index is 2.18. The number of allylic oxidation sites excluding steroid dienone is 1. The van der Waals surface area contributed by atoms with E-state index in [2.05, 4.69) is 4.99 Å². The van der Waals surface area contributed by atoms with Gasteiger partial charge in [-0.25, -0.2) is 0 Å².